The largest absolute Gasteiger partial charge is 0.271 e. The fourth-order valence-corrected chi connectivity index (χ4v) is 2.54. The number of aromatic nitrogens is 1. The molecule has 3 N–H and O–H groups in total. The molecule has 0 spiro atoms. The van der Waals surface area contributed by atoms with Crippen LogP contribution in [0.5, 0.6) is 0 Å². The van der Waals surface area contributed by atoms with Crippen LogP contribution in [0.25, 0.3) is 0 Å². The first-order valence-electron chi connectivity index (χ1n) is 5.89. The molecule has 1 aromatic carbocycles. The van der Waals surface area contributed by atoms with Gasteiger partial charge in [-0.05, 0) is 37.1 Å². The zero-order valence-corrected chi connectivity index (χ0v) is 11.3. The first-order chi connectivity index (χ1) is 9.08. The minimum atomic E-state index is -0.448. The van der Waals surface area contributed by atoms with Gasteiger partial charge in [-0.3, -0.25) is 11.3 Å². The van der Waals surface area contributed by atoms with E-state index in [1.165, 1.54) is 6.07 Å². The maximum atomic E-state index is 13.6. The third-order valence-corrected chi connectivity index (χ3v) is 3.65. The minimum Gasteiger partial charge on any atom is -0.271 e. The lowest BCUT2D eigenvalue weighted by atomic mass is 10.0. The van der Waals surface area contributed by atoms with Gasteiger partial charge in [0.15, 0.2) is 0 Å². The number of hydrogen-bond acceptors (Lipinski definition) is 4. The summed E-state index contributed by atoms with van der Waals surface area (Å²) >= 11 is 1.55. The topological polar surface area (TPSA) is 50.9 Å². The van der Waals surface area contributed by atoms with E-state index in [0.29, 0.717) is 18.4 Å². The van der Waals surface area contributed by atoms with Crippen molar-refractivity contribution in [2.45, 2.75) is 25.8 Å². The second kappa shape index (κ2) is 6.18. The molecule has 0 aliphatic carbocycles. The van der Waals surface area contributed by atoms with Gasteiger partial charge in [0.1, 0.15) is 11.6 Å². The molecule has 0 fully saturated rings. The van der Waals surface area contributed by atoms with Gasteiger partial charge in [-0.2, -0.15) is 0 Å². The van der Waals surface area contributed by atoms with E-state index in [2.05, 4.69) is 10.4 Å². The van der Waals surface area contributed by atoms with Crippen molar-refractivity contribution in [2.75, 3.05) is 0 Å². The van der Waals surface area contributed by atoms with Crippen LogP contribution in [0.4, 0.5) is 8.78 Å². The van der Waals surface area contributed by atoms with Crippen LogP contribution in [0, 0.1) is 18.6 Å². The maximum Gasteiger partial charge on any atom is 0.126 e. The van der Waals surface area contributed by atoms with E-state index in [1.54, 1.807) is 11.3 Å². The smallest absolute Gasteiger partial charge is 0.126 e. The number of halogens is 2. The Bertz CT molecular complexity index is 557. The molecule has 0 bridgehead atoms. The van der Waals surface area contributed by atoms with Crippen LogP contribution in [-0.2, 0) is 12.8 Å². The normalized spacial score (nSPS) is 12.6. The summed E-state index contributed by atoms with van der Waals surface area (Å²) in [4.78, 5) is 4.34. The van der Waals surface area contributed by atoms with Crippen molar-refractivity contribution in [2.24, 2.45) is 5.84 Å². The summed E-state index contributed by atoms with van der Waals surface area (Å²) in [5, 5.41) is 2.92. The standard InChI is InChI=1S/C13H15F2N3S/c1-8-17-12(7-19-8)6-11(18-16)5-9-4-10(14)2-3-13(9)15/h2-4,7,11,18H,5-6,16H2,1H3. The van der Waals surface area contributed by atoms with Crippen LogP contribution in [-0.4, -0.2) is 11.0 Å². The van der Waals surface area contributed by atoms with E-state index in [1.807, 2.05) is 12.3 Å². The van der Waals surface area contributed by atoms with Crippen LogP contribution in [0.1, 0.15) is 16.3 Å². The predicted molar refractivity (Wildman–Crippen MR) is 71.7 cm³/mol. The van der Waals surface area contributed by atoms with Crippen molar-refractivity contribution < 1.29 is 8.78 Å². The summed E-state index contributed by atoms with van der Waals surface area (Å²) in [6.45, 7) is 1.92. The van der Waals surface area contributed by atoms with E-state index in [0.717, 1.165) is 22.8 Å². The van der Waals surface area contributed by atoms with Crippen LogP contribution in [0.2, 0.25) is 0 Å². The van der Waals surface area contributed by atoms with Crippen molar-refractivity contribution in [3.8, 4) is 0 Å². The molecule has 0 saturated carbocycles. The highest BCUT2D eigenvalue weighted by atomic mass is 32.1. The summed E-state index contributed by atoms with van der Waals surface area (Å²) in [5.74, 6) is 4.61. The Balaban J connectivity index is 2.08. The zero-order valence-electron chi connectivity index (χ0n) is 10.5. The lowest BCUT2D eigenvalue weighted by molar-refractivity contribution is 0.499. The van der Waals surface area contributed by atoms with Gasteiger partial charge in [-0.25, -0.2) is 13.8 Å². The lowest BCUT2D eigenvalue weighted by Crippen LogP contribution is -2.38. The molecule has 2 rings (SSSR count). The number of thiazole rings is 1. The molecule has 0 amide bonds. The van der Waals surface area contributed by atoms with Crippen molar-refractivity contribution in [3.63, 3.8) is 0 Å². The molecule has 6 heteroatoms. The first-order valence-corrected chi connectivity index (χ1v) is 6.77. The number of nitrogens with zero attached hydrogens (tertiary/aromatic N) is 1. The molecule has 0 radical (unpaired) electrons. The number of hydrazine groups is 1. The predicted octanol–water partition coefficient (Wildman–Crippen LogP) is 2.35. The lowest BCUT2D eigenvalue weighted by Gasteiger charge is -2.15. The third kappa shape index (κ3) is 3.79. The number of benzene rings is 1. The molecule has 0 aliphatic rings. The van der Waals surface area contributed by atoms with E-state index in [9.17, 15) is 8.78 Å². The Hall–Kier alpha value is -1.37. The van der Waals surface area contributed by atoms with Crippen LogP contribution in [0.3, 0.4) is 0 Å². The van der Waals surface area contributed by atoms with Gasteiger partial charge in [0, 0.05) is 17.8 Å². The van der Waals surface area contributed by atoms with Crippen molar-refractivity contribution >= 4 is 11.3 Å². The first kappa shape index (κ1) is 14.0. The average Bonchev–Trinajstić information content (AvgIpc) is 2.78. The number of aryl methyl sites for hydroxylation is 1. The highest BCUT2D eigenvalue weighted by Gasteiger charge is 2.14. The summed E-state index contributed by atoms with van der Waals surface area (Å²) in [5.41, 5.74) is 3.85. The van der Waals surface area contributed by atoms with Crippen molar-refractivity contribution in [1.82, 2.24) is 10.4 Å². The molecule has 0 aliphatic heterocycles. The molecular formula is C13H15F2N3S. The number of nitrogens with one attached hydrogen (secondary N) is 1. The molecule has 2 aromatic rings. The van der Waals surface area contributed by atoms with Crippen LogP contribution < -0.4 is 11.3 Å². The fraction of sp³-hybridized carbons (Fsp3) is 0.308. The Labute approximate surface area is 114 Å². The molecule has 19 heavy (non-hydrogen) atoms. The monoisotopic (exact) mass is 283 g/mol. The second-order valence-electron chi connectivity index (χ2n) is 4.37. The summed E-state index contributed by atoms with van der Waals surface area (Å²) in [6, 6.07) is 3.25. The van der Waals surface area contributed by atoms with Crippen molar-refractivity contribution in [3.05, 3.63) is 51.5 Å². The summed E-state index contributed by atoms with van der Waals surface area (Å²) in [7, 11) is 0. The fourth-order valence-electron chi connectivity index (χ4n) is 1.91. The Morgan fingerprint density at radius 1 is 1.37 bits per heavy atom. The number of hydrogen-bond donors (Lipinski definition) is 2. The molecular weight excluding hydrogens is 268 g/mol. The number of rotatable bonds is 5. The van der Waals surface area contributed by atoms with Gasteiger partial charge >= 0.3 is 0 Å². The van der Waals surface area contributed by atoms with Gasteiger partial charge in [-0.1, -0.05) is 0 Å². The summed E-state index contributed by atoms with van der Waals surface area (Å²) in [6.07, 6.45) is 0.896. The van der Waals surface area contributed by atoms with Gasteiger partial charge in [0.2, 0.25) is 0 Å². The van der Waals surface area contributed by atoms with E-state index in [-0.39, 0.29) is 6.04 Å². The molecule has 1 heterocycles. The zero-order chi connectivity index (χ0) is 13.8. The maximum absolute atomic E-state index is 13.6. The molecule has 1 unspecified atom stereocenters. The Morgan fingerprint density at radius 2 is 2.16 bits per heavy atom. The molecule has 3 nitrogen and oxygen atoms in total. The molecule has 102 valence electrons. The van der Waals surface area contributed by atoms with E-state index < -0.39 is 11.6 Å². The SMILES string of the molecule is Cc1nc(CC(Cc2cc(F)ccc2F)NN)cs1. The highest BCUT2D eigenvalue weighted by Crippen LogP contribution is 2.15. The third-order valence-electron chi connectivity index (χ3n) is 2.83. The van der Waals surface area contributed by atoms with Gasteiger partial charge in [-0.15, -0.1) is 11.3 Å². The average molecular weight is 283 g/mol. The Kier molecular flexibility index (Phi) is 4.57. The number of nitrogens with two attached hydrogens (primary N) is 1. The molecule has 1 aromatic heterocycles. The van der Waals surface area contributed by atoms with Gasteiger partial charge in [0.05, 0.1) is 10.7 Å². The Morgan fingerprint density at radius 3 is 2.79 bits per heavy atom. The second-order valence-corrected chi connectivity index (χ2v) is 5.43. The quantitative estimate of drug-likeness (QED) is 0.654. The minimum absolute atomic E-state index is 0.183. The molecule has 0 saturated heterocycles. The van der Waals surface area contributed by atoms with Crippen LogP contribution >= 0.6 is 11.3 Å². The van der Waals surface area contributed by atoms with Crippen LogP contribution in [0.15, 0.2) is 23.6 Å². The van der Waals surface area contributed by atoms with E-state index in [4.69, 9.17) is 5.84 Å². The molecule has 1 atom stereocenters. The summed E-state index contributed by atoms with van der Waals surface area (Å²) < 4.78 is 26.7. The highest BCUT2D eigenvalue weighted by molar-refractivity contribution is 7.09. The van der Waals surface area contributed by atoms with E-state index >= 15 is 0 Å². The van der Waals surface area contributed by atoms with Gasteiger partial charge < -0.3 is 0 Å². The van der Waals surface area contributed by atoms with Gasteiger partial charge in [0.25, 0.3) is 0 Å². The van der Waals surface area contributed by atoms with Crippen molar-refractivity contribution in [1.29, 1.82) is 0 Å².